The third-order valence-electron chi connectivity index (χ3n) is 4.27. The lowest BCUT2D eigenvalue weighted by Gasteiger charge is -2.13. The first kappa shape index (κ1) is 21.1. The van der Waals surface area contributed by atoms with E-state index in [0.717, 1.165) is 11.3 Å². The number of hydrogen-bond donors (Lipinski definition) is 1. The van der Waals surface area contributed by atoms with Crippen LogP contribution in [0.25, 0.3) is 11.4 Å². The van der Waals surface area contributed by atoms with Crippen LogP contribution in [0, 0.1) is 0 Å². The van der Waals surface area contributed by atoms with E-state index in [-0.39, 0.29) is 16.1 Å². The van der Waals surface area contributed by atoms with Crippen molar-refractivity contribution in [1.29, 1.82) is 0 Å². The van der Waals surface area contributed by atoms with Gasteiger partial charge in [-0.1, -0.05) is 30.0 Å². The maximum Gasteiger partial charge on any atom is 0.237 e. The largest absolute Gasteiger partial charge is 0.325 e. The van der Waals surface area contributed by atoms with Crippen molar-refractivity contribution in [2.45, 2.75) is 35.7 Å². The molecule has 0 spiro atoms. The second-order valence-corrected chi connectivity index (χ2v) is 9.79. The molecule has 0 aliphatic rings. The van der Waals surface area contributed by atoms with E-state index >= 15 is 0 Å². The summed E-state index contributed by atoms with van der Waals surface area (Å²) in [5.41, 5.74) is 1.51. The molecule has 0 bridgehead atoms. The molecule has 0 radical (unpaired) electrons. The molecule has 3 rings (SSSR count). The fourth-order valence-electron chi connectivity index (χ4n) is 2.70. The van der Waals surface area contributed by atoms with Crippen LogP contribution in [0.15, 0.2) is 64.6 Å². The van der Waals surface area contributed by atoms with E-state index in [9.17, 15) is 13.2 Å². The molecule has 3 aromatic rings. The summed E-state index contributed by atoms with van der Waals surface area (Å²) in [4.78, 5) is 12.7. The number of nitrogens with zero attached hydrogens (tertiary/aromatic N) is 3. The first-order valence-electron chi connectivity index (χ1n) is 9.06. The average Bonchev–Trinajstić information content (AvgIpc) is 3.10. The third-order valence-corrected chi connectivity index (χ3v) is 6.48. The van der Waals surface area contributed by atoms with E-state index in [1.54, 1.807) is 24.3 Å². The fourth-order valence-corrected chi connectivity index (χ4v) is 4.25. The Morgan fingerprint density at radius 1 is 1.10 bits per heavy atom. The second kappa shape index (κ2) is 8.79. The molecule has 0 aliphatic carbocycles. The van der Waals surface area contributed by atoms with Crippen molar-refractivity contribution in [3.05, 3.63) is 54.6 Å². The van der Waals surface area contributed by atoms with Gasteiger partial charge in [-0.05, 0) is 50.2 Å². The summed E-state index contributed by atoms with van der Waals surface area (Å²) in [5.74, 6) is 0.511. The lowest BCUT2D eigenvalue weighted by Crippen LogP contribution is -2.22. The normalized spacial score (nSPS) is 12.5. The molecule has 1 unspecified atom stereocenters. The Morgan fingerprint density at radius 2 is 1.76 bits per heavy atom. The minimum atomic E-state index is -3.25. The molecule has 2 aromatic carbocycles. The lowest BCUT2D eigenvalue weighted by molar-refractivity contribution is -0.115. The molecule has 1 atom stereocenters. The highest BCUT2D eigenvalue weighted by Crippen LogP contribution is 2.28. The summed E-state index contributed by atoms with van der Waals surface area (Å²) in [5, 5.41) is 11.6. The van der Waals surface area contributed by atoms with Crippen molar-refractivity contribution >= 4 is 33.2 Å². The minimum absolute atomic E-state index is 0.120. The Balaban J connectivity index is 1.78. The molecule has 1 N–H and O–H groups in total. The molecule has 1 amide bonds. The zero-order valence-corrected chi connectivity index (χ0v) is 18.0. The van der Waals surface area contributed by atoms with Gasteiger partial charge in [0.05, 0.1) is 10.1 Å². The highest BCUT2D eigenvalue weighted by atomic mass is 32.2. The number of aromatic nitrogens is 3. The number of benzene rings is 2. The molecular weight excluding hydrogens is 408 g/mol. The highest BCUT2D eigenvalue weighted by molar-refractivity contribution is 8.00. The van der Waals surface area contributed by atoms with Gasteiger partial charge >= 0.3 is 0 Å². The second-order valence-electron chi connectivity index (χ2n) is 6.46. The van der Waals surface area contributed by atoms with Crippen LogP contribution in [0.2, 0.25) is 0 Å². The number of anilines is 1. The highest BCUT2D eigenvalue weighted by Gasteiger charge is 2.20. The van der Waals surface area contributed by atoms with Crippen LogP contribution in [0.3, 0.4) is 0 Å². The average molecular weight is 431 g/mol. The van der Waals surface area contributed by atoms with E-state index in [1.165, 1.54) is 18.0 Å². The molecular formula is C20H22N4O3S2. The van der Waals surface area contributed by atoms with Crippen LogP contribution in [0.1, 0.15) is 13.8 Å². The minimum Gasteiger partial charge on any atom is -0.325 e. The van der Waals surface area contributed by atoms with Gasteiger partial charge < -0.3 is 9.88 Å². The van der Waals surface area contributed by atoms with Crippen molar-refractivity contribution < 1.29 is 13.2 Å². The molecule has 7 nitrogen and oxygen atoms in total. The van der Waals surface area contributed by atoms with Gasteiger partial charge in [-0.2, -0.15) is 0 Å². The van der Waals surface area contributed by atoms with Crippen LogP contribution in [0.4, 0.5) is 5.69 Å². The quantitative estimate of drug-likeness (QED) is 0.577. The topological polar surface area (TPSA) is 93.9 Å². The summed E-state index contributed by atoms with van der Waals surface area (Å²) in [6.45, 7) is 4.40. The molecule has 0 saturated heterocycles. The Labute approximate surface area is 174 Å². The number of carbonyl (C=O) groups is 1. The molecule has 1 heterocycles. The summed E-state index contributed by atoms with van der Waals surface area (Å²) in [6.07, 6.45) is 1.17. The summed E-state index contributed by atoms with van der Waals surface area (Å²) >= 11 is 1.33. The van der Waals surface area contributed by atoms with Gasteiger partial charge in [-0.3, -0.25) is 4.79 Å². The third kappa shape index (κ3) is 5.04. The van der Waals surface area contributed by atoms with Crippen LogP contribution in [-0.2, 0) is 21.2 Å². The van der Waals surface area contributed by atoms with Crippen LogP contribution >= 0.6 is 11.8 Å². The van der Waals surface area contributed by atoms with Gasteiger partial charge in [-0.15, -0.1) is 10.2 Å². The summed E-state index contributed by atoms with van der Waals surface area (Å²) < 4.78 is 25.2. The molecule has 152 valence electrons. The van der Waals surface area contributed by atoms with Gasteiger partial charge in [0.15, 0.2) is 20.8 Å². The van der Waals surface area contributed by atoms with E-state index in [4.69, 9.17) is 0 Å². The zero-order chi connectivity index (χ0) is 21.0. The van der Waals surface area contributed by atoms with Gasteiger partial charge in [-0.25, -0.2) is 8.42 Å². The number of rotatable bonds is 7. The fraction of sp³-hybridized carbons (Fsp3) is 0.250. The number of hydrogen-bond acceptors (Lipinski definition) is 6. The Kier molecular flexibility index (Phi) is 6.39. The molecule has 29 heavy (non-hydrogen) atoms. The van der Waals surface area contributed by atoms with Crippen molar-refractivity contribution in [2.24, 2.45) is 0 Å². The van der Waals surface area contributed by atoms with Crippen molar-refractivity contribution in [1.82, 2.24) is 14.8 Å². The number of carbonyl (C=O) groups excluding carboxylic acids is 1. The lowest BCUT2D eigenvalue weighted by atomic mass is 10.2. The maximum absolute atomic E-state index is 12.5. The molecule has 0 fully saturated rings. The first-order valence-corrected chi connectivity index (χ1v) is 11.8. The number of amides is 1. The van der Waals surface area contributed by atoms with Crippen molar-refractivity contribution in [2.75, 3.05) is 11.6 Å². The van der Waals surface area contributed by atoms with E-state index < -0.39 is 9.84 Å². The number of nitrogens with one attached hydrogen (secondary N) is 1. The van der Waals surface area contributed by atoms with Crippen LogP contribution in [0.5, 0.6) is 0 Å². The Hall–Kier alpha value is -2.65. The molecule has 0 aliphatic heterocycles. The SMILES string of the molecule is CCn1c(SC(C)C(=O)Nc2ccccc2)nnc1-c1ccc(S(C)(=O)=O)cc1. The van der Waals surface area contributed by atoms with E-state index in [0.29, 0.717) is 17.5 Å². The number of sulfone groups is 1. The van der Waals surface area contributed by atoms with E-state index in [1.807, 2.05) is 48.7 Å². The molecule has 0 saturated carbocycles. The van der Waals surface area contributed by atoms with Gasteiger partial charge in [0.25, 0.3) is 0 Å². The predicted molar refractivity (Wildman–Crippen MR) is 115 cm³/mol. The van der Waals surface area contributed by atoms with Gasteiger partial charge in [0.1, 0.15) is 0 Å². The monoisotopic (exact) mass is 430 g/mol. The standard InChI is InChI=1S/C20H22N4O3S2/c1-4-24-18(15-10-12-17(13-11-15)29(3,26)27)22-23-20(24)28-14(2)19(25)21-16-8-6-5-7-9-16/h5-14H,4H2,1-3H3,(H,21,25). The predicted octanol–water partition coefficient (Wildman–Crippen LogP) is 3.49. The summed E-state index contributed by atoms with van der Waals surface area (Å²) in [7, 11) is -3.25. The number of thioether (sulfide) groups is 1. The molecule has 1 aromatic heterocycles. The summed E-state index contributed by atoms with van der Waals surface area (Å²) in [6, 6.07) is 15.8. The van der Waals surface area contributed by atoms with Crippen LogP contribution < -0.4 is 5.32 Å². The Morgan fingerprint density at radius 3 is 2.34 bits per heavy atom. The smallest absolute Gasteiger partial charge is 0.237 e. The Bertz CT molecular complexity index is 1090. The van der Waals surface area contributed by atoms with Crippen molar-refractivity contribution in [3.63, 3.8) is 0 Å². The number of para-hydroxylation sites is 1. The van der Waals surface area contributed by atoms with Crippen LogP contribution in [-0.4, -0.2) is 40.6 Å². The molecule has 9 heteroatoms. The van der Waals surface area contributed by atoms with Gasteiger partial charge in [0, 0.05) is 24.1 Å². The maximum atomic E-state index is 12.5. The zero-order valence-electron chi connectivity index (χ0n) is 16.4. The first-order chi connectivity index (χ1) is 13.8. The van der Waals surface area contributed by atoms with Gasteiger partial charge in [0.2, 0.25) is 5.91 Å². The van der Waals surface area contributed by atoms with E-state index in [2.05, 4.69) is 15.5 Å². The van der Waals surface area contributed by atoms with Crippen molar-refractivity contribution in [3.8, 4) is 11.4 Å².